The molecule has 0 spiro atoms. The van der Waals surface area contributed by atoms with E-state index in [4.69, 9.17) is 9.84 Å². The Bertz CT molecular complexity index is 303. The van der Waals surface area contributed by atoms with Crippen molar-refractivity contribution in [2.24, 2.45) is 11.8 Å². The van der Waals surface area contributed by atoms with Gasteiger partial charge in [0.05, 0.1) is 19.1 Å². The van der Waals surface area contributed by atoms with Crippen molar-refractivity contribution in [2.45, 2.75) is 25.7 Å². The van der Waals surface area contributed by atoms with Crippen LogP contribution in [-0.4, -0.2) is 36.7 Å². The van der Waals surface area contributed by atoms with Gasteiger partial charge in [0.1, 0.15) is 0 Å². The molecule has 5 nitrogen and oxygen atoms in total. The zero-order valence-electron chi connectivity index (χ0n) is 10.6. The molecule has 0 unspecified atom stereocenters. The van der Waals surface area contributed by atoms with E-state index < -0.39 is 5.97 Å². The quantitative estimate of drug-likeness (QED) is 0.504. The molecule has 0 aromatic carbocycles. The van der Waals surface area contributed by atoms with Crippen LogP contribution >= 0.6 is 0 Å². The van der Waals surface area contributed by atoms with Gasteiger partial charge < -0.3 is 15.2 Å². The van der Waals surface area contributed by atoms with Crippen molar-refractivity contribution in [3.8, 4) is 0 Å². The molecule has 0 bridgehead atoms. The maximum Gasteiger partial charge on any atom is 0.306 e. The van der Waals surface area contributed by atoms with Gasteiger partial charge >= 0.3 is 5.97 Å². The second-order valence-electron chi connectivity index (χ2n) is 4.53. The first-order chi connectivity index (χ1) is 8.65. The van der Waals surface area contributed by atoms with E-state index in [0.29, 0.717) is 39.0 Å². The summed E-state index contributed by atoms with van der Waals surface area (Å²) >= 11 is 0. The third kappa shape index (κ3) is 4.87. The minimum absolute atomic E-state index is 0.0499. The highest BCUT2D eigenvalue weighted by atomic mass is 16.5. The summed E-state index contributed by atoms with van der Waals surface area (Å²) in [5.41, 5.74) is 0. The first-order valence-corrected chi connectivity index (χ1v) is 6.34. The summed E-state index contributed by atoms with van der Waals surface area (Å²) in [6, 6.07) is 0. The van der Waals surface area contributed by atoms with Crippen LogP contribution in [0.4, 0.5) is 0 Å². The van der Waals surface area contributed by atoms with E-state index in [1.165, 1.54) is 0 Å². The fourth-order valence-corrected chi connectivity index (χ4v) is 2.10. The summed E-state index contributed by atoms with van der Waals surface area (Å²) < 4.78 is 5.27. The Balaban J connectivity index is 2.10. The molecule has 2 N–H and O–H groups in total. The molecule has 102 valence electrons. The highest BCUT2D eigenvalue weighted by molar-refractivity contribution is 5.80. The van der Waals surface area contributed by atoms with E-state index >= 15 is 0 Å². The molecule has 0 radical (unpaired) electrons. The van der Waals surface area contributed by atoms with Gasteiger partial charge in [0.15, 0.2) is 0 Å². The van der Waals surface area contributed by atoms with Gasteiger partial charge in [-0.3, -0.25) is 9.59 Å². The van der Waals surface area contributed by atoms with Crippen LogP contribution < -0.4 is 5.32 Å². The first kappa shape index (κ1) is 14.7. The summed E-state index contributed by atoms with van der Waals surface area (Å²) in [4.78, 5) is 22.5. The third-order valence-corrected chi connectivity index (χ3v) is 3.16. The van der Waals surface area contributed by atoms with Crippen molar-refractivity contribution in [3.05, 3.63) is 12.7 Å². The Hall–Kier alpha value is -1.36. The molecule has 1 aliphatic carbocycles. The summed E-state index contributed by atoms with van der Waals surface area (Å²) in [6.45, 7) is 5.15. The number of carboxylic acids is 1. The number of aliphatic carboxylic acids is 1. The van der Waals surface area contributed by atoms with Gasteiger partial charge in [-0.15, -0.1) is 6.58 Å². The van der Waals surface area contributed by atoms with Crippen molar-refractivity contribution in [3.63, 3.8) is 0 Å². The number of amides is 1. The Morgan fingerprint density at radius 3 is 2.67 bits per heavy atom. The van der Waals surface area contributed by atoms with Gasteiger partial charge in [-0.25, -0.2) is 0 Å². The number of nitrogens with one attached hydrogen (secondary N) is 1. The third-order valence-electron chi connectivity index (χ3n) is 3.16. The number of rotatable bonds is 8. The number of hydrogen-bond donors (Lipinski definition) is 2. The lowest BCUT2D eigenvalue weighted by molar-refractivity contribution is -0.141. The van der Waals surface area contributed by atoms with Gasteiger partial charge in [0, 0.05) is 12.5 Å². The summed E-state index contributed by atoms with van der Waals surface area (Å²) in [6.07, 6.45) is 4.31. The molecule has 0 heterocycles. The second kappa shape index (κ2) is 7.87. The van der Waals surface area contributed by atoms with E-state index in [2.05, 4.69) is 11.9 Å². The van der Waals surface area contributed by atoms with Crippen LogP contribution in [0.3, 0.4) is 0 Å². The zero-order valence-corrected chi connectivity index (χ0v) is 10.6. The molecule has 0 aromatic heterocycles. The predicted octanol–water partition coefficient (Wildman–Crippen LogP) is 1.20. The standard InChI is InChI=1S/C13H21NO4/c1-2-3-7-18-8-6-14-12(15)10-4-5-11(9-10)13(16)17/h2,10-11H,1,3-9H2,(H,14,15)(H,16,17)/t10-,11+/m1/s1. The molecular formula is C13H21NO4. The molecule has 1 saturated carbocycles. The average molecular weight is 255 g/mol. The van der Waals surface area contributed by atoms with Gasteiger partial charge in [-0.05, 0) is 25.7 Å². The first-order valence-electron chi connectivity index (χ1n) is 6.34. The number of carbonyl (C=O) groups is 2. The molecule has 5 heteroatoms. The highest BCUT2D eigenvalue weighted by Crippen LogP contribution is 2.30. The summed E-state index contributed by atoms with van der Waals surface area (Å²) in [7, 11) is 0. The van der Waals surface area contributed by atoms with E-state index in [0.717, 1.165) is 6.42 Å². The molecule has 0 aromatic rings. The maximum atomic E-state index is 11.7. The largest absolute Gasteiger partial charge is 0.481 e. The smallest absolute Gasteiger partial charge is 0.306 e. The number of ether oxygens (including phenoxy) is 1. The SMILES string of the molecule is C=CCCOCCNC(=O)[C@@H]1CC[C@H](C(=O)O)C1. The van der Waals surface area contributed by atoms with Crippen molar-refractivity contribution in [1.82, 2.24) is 5.32 Å². The topological polar surface area (TPSA) is 75.6 Å². The van der Waals surface area contributed by atoms with Gasteiger partial charge in [0.2, 0.25) is 5.91 Å². The number of hydrogen-bond acceptors (Lipinski definition) is 3. The molecular weight excluding hydrogens is 234 g/mol. The van der Waals surface area contributed by atoms with E-state index in [-0.39, 0.29) is 17.7 Å². The summed E-state index contributed by atoms with van der Waals surface area (Å²) in [5, 5.41) is 11.6. The van der Waals surface area contributed by atoms with Gasteiger partial charge in [-0.1, -0.05) is 6.08 Å². The molecule has 2 atom stereocenters. The number of carboxylic acid groups (broad SMARTS) is 1. The molecule has 0 aliphatic heterocycles. The number of carbonyl (C=O) groups excluding carboxylic acids is 1. The Morgan fingerprint density at radius 2 is 2.06 bits per heavy atom. The molecule has 1 aliphatic rings. The van der Waals surface area contributed by atoms with E-state index in [9.17, 15) is 9.59 Å². The minimum atomic E-state index is -0.793. The Morgan fingerprint density at radius 1 is 1.33 bits per heavy atom. The summed E-state index contributed by atoms with van der Waals surface area (Å²) in [5.74, 6) is -1.35. The fraction of sp³-hybridized carbons (Fsp3) is 0.692. The molecule has 1 fully saturated rings. The van der Waals surface area contributed by atoms with Gasteiger partial charge in [-0.2, -0.15) is 0 Å². The minimum Gasteiger partial charge on any atom is -0.481 e. The highest BCUT2D eigenvalue weighted by Gasteiger charge is 2.33. The van der Waals surface area contributed by atoms with Crippen LogP contribution in [-0.2, 0) is 14.3 Å². The Kier molecular flexibility index (Phi) is 6.43. The normalized spacial score (nSPS) is 22.7. The fourth-order valence-electron chi connectivity index (χ4n) is 2.10. The molecule has 18 heavy (non-hydrogen) atoms. The van der Waals surface area contributed by atoms with Crippen molar-refractivity contribution < 1.29 is 19.4 Å². The van der Waals surface area contributed by atoms with Gasteiger partial charge in [0.25, 0.3) is 0 Å². The Labute approximate surface area is 107 Å². The average Bonchev–Trinajstić information content (AvgIpc) is 2.83. The predicted molar refractivity (Wildman–Crippen MR) is 67.1 cm³/mol. The zero-order chi connectivity index (χ0) is 13.4. The van der Waals surface area contributed by atoms with Crippen LogP contribution in [0.1, 0.15) is 25.7 Å². The van der Waals surface area contributed by atoms with E-state index in [1.54, 1.807) is 6.08 Å². The lowest BCUT2D eigenvalue weighted by atomic mass is 10.0. The lowest BCUT2D eigenvalue weighted by Crippen LogP contribution is -2.32. The van der Waals surface area contributed by atoms with Crippen LogP contribution in [0.5, 0.6) is 0 Å². The van der Waals surface area contributed by atoms with E-state index in [1.807, 2.05) is 0 Å². The molecule has 1 rings (SSSR count). The van der Waals surface area contributed by atoms with Crippen LogP contribution in [0.2, 0.25) is 0 Å². The van der Waals surface area contributed by atoms with Crippen LogP contribution in [0, 0.1) is 11.8 Å². The second-order valence-corrected chi connectivity index (χ2v) is 4.53. The lowest BCUT2D eigenvalue weighted by Gasteiger charge is -2.10. The van der Waals surface area contributed by atoms with Crippen molar-refractivity contribution in [1.29, 1.82) is 0 Å². The van der Waals surface area contributed by atoms with Crippen molar-refractivity contribution >= 4 is 11.9 Å². The monoisotopic (exact) mass is 255 g/mol. The molecule has 0 saturated heterocycles. The van der Waals surface area contributed by atoms with Crippen LogP contribution in [0.25, 0.3) is 0 Å². The maximum absolute atomic E-state index is 11.7. The van der Waals surface area contributed by atoms with Crippen molar-refractivity contribution in [2.75, 3.05) is 19.8 Å². The molecule has 1 amide bonds. The van der Waals surface area contributed by atoms with Crippen LogP contribution in [0.15, 0.2) is 12.7 Å².